The number of carbonyl (C=O) groups is 3. The van der Waals surface area contributed by atoms with E-state index in [9.17, 15) is 14.7 Å². The number of aromatic hydroxyl groups is 1. The van der Waals surface area contributed by atoms with Gasteiger partial charge in [-0.2, -0.15) is 0 Å². The number of carbonyl (C=O) groups excluding carboxylic acids is 2. The fourth-order valence-electron chi connectivity index (χ4n) is 5.63. The van der Waals surface area contributed by atoms with Gasteiger partial charge in [-0.3, -0.25) is 14.4 Å². The van der Waals surface area contributed by atoms with Crippen molar-refractivity contribution >= 4 is 23.9 Å². The zero-order chi connectivity index (χ0) is 31.3. The molecule has 0 aliphatic carbocycles. The Bertz CT molecular complexity index is 1840. The first-order valence-corrected chi connectivity index (χ1v) is 14.4. The summed E-state index contributed by atoms with van der Waals surface area (Å²) in [5.41, 5.74) is 4.28. The molecule has 0 radical (unpaired) electrons. The molecule has 45 heavy (non-hydrogen) atoms. The largest absolute Gasteiger partial charge is 0.507 e. The minimum Gasteiger partial charge on any atom is -0.507 e. The molecule has 5 aromatic rings. The standard InChI is InChI=1S/C33H28N4O5.CH2O2/c38-29-12-10-25-19-27(29)32(39)34-14-3-17-41-23-7-5-21(6-8-23)31-26-11-9-24(42-25)18-22(26)13-16-37(31)33(40)28-20-36-15-2-1-4-30(36)35-28;2-1-3/h1-2,4-12,15,18-20,31,38H,3,13-14,16-17H2,(H,34,39);1H,(H,2,3). The zero-order valence-electron chi connectivity index (χ0n) is 24.1. The van der Waals surface area contributed by atoms with E-state index in [1.807, 2.05) is 76.2 Å². The first-order chi connectivity index (χ1) is 21.9. The number of phenolic OH excluding ortho intramolecular Hbond substituents is 1. The molecule has 0 saturated carbocycles. The summed E-state index contributed by atoms with van der Waals surface area (Å²) in [4.78, 5) is 41.5. The van der Waals surface area contributed by atoms with Crippen molar-refractivity contribution < 1.29 is 34.1 Å². The summed E-state index contributed by atoms with van der Waals surface area (Å²) in [6, 6.07) is 23.6. The molecule has 3 N–H and O–H groups in total. The molecule has 0 saturated heterocycles. The fourth-order valence-corrected chi connectivity index (χ4v) is 5.63. The maximum Gasteiger partial charge on any atom is 0.290 e. The van der Waals surface area contributed by atoms with Gasteiger partial charge in [0.05, 0.1) is 18.2 Å². The smallest absolute Gasteiger partial charge is 0.290 e. The van der Waals surface area contributed by atoms with Crippen LogP contribution in [-0.4, -0.2) is 62.5 Å². The number of ether oxygens (including phenoxy) is 2. The molecule has 2 aromatic heterocycles. The minimum absolute atomic E-state index is 0.120. The lowest BCUT2D eigenvalue weighted by Gasteiger charge is -2.37. The van der Waals surface area contributed by atoms with Crippen molar-refractivity contribution in [3.63, 3.8) is 0 Å². The number of nitrogens with one attached hydrogen (secondary N) is 1. The summed E-state index contributed by atoms with van der Waals surface area (Å²) in [6.07, 6.45) is 4.87. The molecule has 3 aromatic carbocycles. The Morgan fingerprint density at radius 3 is 2.56 bits per heavy atom. The third-order valence-corrected chi connectivity index (χ3v) is 7.71. The molecule has 11 nitrogen and oxygen atoms in total. The second kappa shape index (κ2) is 12.8. The maximum atomic E-state index is 14.0. The summed E-state index contributed by atoms with van der Waals surface area (Å²) in [5.74, 6) is 1.10. The van der Waals surface area contributed by atoms with Gasteiger partial charge in [0, 0.05) is 25.5 Å². The van der Waals surface area contributed by atoms with Crippen LogP contribution in [0.5, 0.6) is 23.0 Å². The van der Waals surface area contributed by atoms with E-state index in [4.69, 9.17) is 19.4 Å². The first-order valence-electron chi connectivity index (χ1n) is 14.4. The lowest BCUT2D eigenvalue weighted by Crippen LogP contribution is -2.40. The molecule has 1 unspecified atom stereocenters. The predicted molar refractivity (Wildman–Crippen MR) is 164 cm³/mol. The number of rotatable bonds is 1. The fraction of sp³-hybridized carbons (Fsp3) is 0.176. The van der Waals surface area contributed by atoms with Crippen molar-refractivity contribution in [3.05, 3.63) is 119 Å². The Labute approximate surface area is 258 Å². The number of nitrogens with zero attached hydrogens (tertiary/aromatic N) is 3. The van der Waals surface area contributed by atoms with E-state index < -0.39 is 0 Å². The van der Waals surface area contributed by atoms with Crippen LogP contribution in [-0.2, 0) is 11.2 Å². The molecule has 6 heterocycles. The molecule has 2 amide bonds. The highest BCUT2D eigenvalue weighted by Gasteiger charge is 2.34. The van der Waals surface area contributed by atoms with Crippen molar-refractivity contribution in [2.24, 2.45) is 0 Å². The minimum atomic E-state index is -0.385. The van der Waals surface area contributed by atoms with Crippen LogP contribution in [0.25, 0.3) is 5.65 Å². The van der Waals surface area contributed by atoms with Gasteiger partial charge in [0.1, 0.15) is 34.3 Å². The van der Waals surface area contributed by atoms with Gasteiger partial charge in [-0.15, -0.1) is 0 Å². The topological polar surface area (TPSA) is 143 Å². The molecule has 11 heteroatoms. The van der Waals surface area contributed by atoms with Crippen molar-refractivity contribution in [1.29, 1.82) is 0 Å². The molecule has 9 rings (SSSR count). The van der Waals surface area contributed by atoms with Crippen LogP contribution in [0.3, 0.4) is 0 Å². The number of carboxylic acid groups (broad SMARTS) is 1. The highest BCUT2D eigenvalue weighted by molar-refractivity contribution is 5.97. The van der Waals surface area contributed by atoms with Crippen molar-refractivity contribution in [1.82, 2.24) is 19.6 Å². The first kappa shape index (κ1) is 29.2. The number of amides is 2. The summed E-state index contributed by atoms with van der Waals surface area (Å²) in [7, 11) is 0. The average molecular weight is 607 g/mol. The van der Waals surface area contributed by atoms with Gasteiger partial charge in [0.2, 0.25) is 0 Å². The lowest BCUT2D eigenvalue weighted by atomic mass is 9.87. The Hall–Kier alpha value is -5.84. The maximum absolute atomic E-state index is 14.0. The molecular weight excluding hydrogens is 576 g/mol. The van der Waals surface area contributed by atoms with E-state index >= 15 is 0 Å². The van der Waals surface area contributed by atoms with Gasteiger partial charge < -0.3 is 34.3 Å². The third-order valence-electron chi connectivity index (χ3n) is 7.71. The number of pyridine rings is 1. The van der Waals surface area contributed by atoms with E-state index in [0.717, 1.165) is 22.3 Å². The summed E-state index contributed by atoms with van der Waals surface area (Å²) >= 11 is 0. The summed E-state index contributed by atoms with van der Waals surface area (Å²) in [6.45, 7) is 1.03. The average Bonchev–Trinajstić information content (AvgIpc) is 3.49. The van der Waals surface area contributed by atoms with E-state index in [1.54, 1.807) is 12.3 Å². The van der Waals surface area contributed by atoms with Gasteiger partial charge in [0.15, 0.2) is 0 Å². The van der Waals surface area contributed by atoms with Gasteiger partial charge >= 0.3 is 0 Å². The molecule has 0 fully saturated rings. The number of hydrogen-bond donors (Lipinski definition) is 3. The van der Waals surface area contributed by atoms with Crippen molar-refractivity contribution in [2.75, 3.05) is 19.7 Å². The van der Waals surface area contributed by atoms with Gasteiger partial charge in [-0.1, -0.05) is 24.3 Å². The van der Waals surface area contributed by atoms with Crippen LogP contribution < -0.4 is 14.8 Å². The second-order valence-corrected chi connectivity index (χ2v) is 10.5. The van der Waals surface area contributed by atoms with Gasteiger partial charge in [-0.25, -0.2) is 4.98 Å². The lowest BCUT2D eigenvalue weighted by molar-refractivity contribution is -0.122. The van der Waals surface area contributed by atoms with Gasteiger partial charge in [0.25, 0.3) is 18.3 Å². The number of benzene rings is 3. The van der Waals surface area contributed by atoms with E-state index in [2.05, 4.69) is 10.3 Å². The highest BCUT2D eigenvalue weighted by Crippen LogP contribution is 2.39. The number of hydrogen-bond acceptors (Lipinski definition) is 7. The van der Waals surface area contributed by atoms with Crippen LogP contribution in [0.1, 0.15) is 50.0 Å². The Balaban J connectivity index is 0.00000115. The van der Waals surface area contributed by atoms with Crippen LogP contribution in [0, 0.1) is 0 Å². The SMILES string of the molecule is O=C1NCCCOc2ccc(cc2)C2c3ccc(cc3CCN2C(=O)c2cn3ccccc3n2)Oc2ccc(O)c1c2.O=CO. The normalized spacial score (nSPS) is 15.8. The van der Waals surface area contributed by atoms with Crippen molar-refractivity contribution in [3.8, 4) is 23.0 Å². The van der Waals surface area contributed by atoms with E-state index in [1.165, 1.54) is 12.1 Å². The van der Waals surface area contributed by atoms with Crippen LogP contribution in [0.15, 0.2) is 91.3 Å². The number of phenols is 1. The molecule has 228 valence electrons. The number of fused-ring (bicyclic) bond motifs is 2. The van der Waals surface area contributed by atoms with Crippen LogP contribution in [0.4, 0.5) is 0 Å². The zero-order valence-corrected chi connectivity index (χ0v) is 24.1. The van der Waals surface area contributed by atoms with Gasteiger partial charge in [-0.05, 0) is 84.1 Å². The predicted octanol–water partition coefficient (Wildman–Crippen LogP) is 4.83. The van der Waals surface area contributed by atoms with Crippen LogP contribution >= 0.6 is 0 Å². The number of imidazole rings is 1. The Morgan fingerprint density at radius 2 is 1.76 bits per heavy atom. The molecular formula is C34H30N4O7. The second-order valence-electron chi connectivity index (χ2n) is 10.5. The Morgan fingerprint density at radius 1 is 1.00 bits per heavy atom. The molecule has 8 bridgehead atoms. The molecule has 1 atom stereocenters. The summed E-state index contributed by atoms with van der Waals surface area (Å²) in [5, 5.41) is 20.0. The van der Waals surface area contributed by atoms with Crippen LogP contribution in [0.2, 0.25) is 0 Å². The number of aromatic nitrogens is 2. The van der Waals surface area contributed by atoms with E-state index in [0.29, 0.717) is 55.5 Å². The monoisotopic (exact) mass is 606 g/mol. The summed E-state index contributed by atoms with van der Waals surface area (Å²) < 4.78 is 13.9. The molecule has 4 aliphatic heterocycles. The molecule has 4 aliphatic rings. The quantitative estimate of drug-likeness (QED) is 0.230. The van der Waals surface area contributed by atoms with Crippen molar-refractivity contribution in [2.45, 2.75) is 18.9 Å². The molecule has 0 spiro atoms. The van der Waals surface area contributed by atoms with E-state index in [-0.39, 0.29) is 35.6 Å². The Kier molecular flexibility index (Phi) is 8.32. The highest BCUT2D eigenvalue weighted by atomic mass is 16.5. The third kappa shape index (κ3) is 6.14.